The van der Waals surface area contributed by atoms with Crippen molar-refractivity contribution < 1.29 is 9.59 Å². The average molecular weight is 289 g/mol. The lowest BCUT2D eigenvalue weighted by Crippen LogP contribution is -2.39. The standard InChI is InChI=1S/C16H23N3O2/c1-12(20)18(2)11-16(21)19-9-14(8-17)15(10-19)13-6-4-3-5-7-13/h3-7,14-15H,8-11,17H2,1-2H3/t14-,15+/m1/s1. The van der Waals surface area contributed by atoms with E-state index in [4.69, 9.17) is 5.73 Å². The van der Waals surface area contributed by atoms with Crippen LogP contribution in [0.4, 0.5) is 0 Å². The molecule has 1 aromatic carbocycles. The molecule has 1 heterocycles. The van der Waals surface area contributed by atoms with Crippen LogP contribution in [-0.4, -0.2) is 54.8 Å². The molecule has 21 heavy (non-hydrogen) atoms. The molecule has 5 nitrogen and oxygen atoms in total. The van der Waals surface area contributed by atoms with Gasteiger partial charge >= 0.3 is 0 Å². The highest BCUT2D eigenvalue weighted by molar-refractivity contribution is 5.83. The van der Waals surface area contributed by atoms with E-state index in [2.05, 4.69) is 12.1 Å². The molecular weight excluding hydrogens is 266 g/mol. The zero-order chi connectivity index (χ0) is 15.4. The van der Waals surface area contributed by atoms with E-state index >= 15 is 0 Å². The highest BCUT2D eigenvalue weighted by Crippen LogP contribution is 2.31. The summed E-state index contributed by atoms with van der Waals surface area (Å²) in [7, 11) is 1.64. The Morgan fingerprint density at radius 3 is 2.52 bits per heavy atom. The molecule has 0 radical (unpaired) electrons. The summed E-state index contributed by atoms with van der Waals surface area (Å²) in [4.78, 5) is 26.8. The summed E-state index contributed by atoms with van der Waals surface area (Å²) in [5, 5.41) is 0. The van der Waals surface area contributed by atoms with Gasteiger partial charge in [-0.05, 0) is 18.0 Å². The third kappa shape index (κ3) is 3.61. The first kappa shape index (κ1) is 15.5. The van der Waals surface area contributed by atoms with Crippen LogP contribution >= 0.6 is 0 Å². The van der Waals surface area contributed by atoms with Gasteiger partial charge < -0.3 is 15.5 Å². The molecule has 2 amide bonds. The summed E-state index contributed by atoms with van der Waals surface area (Å²) < 4.78 is 0. The molecule has 1 aromatic rings. The van der Waals surface area contributed by atoms with Crippen molar-refractivity contribution in [2.45, 2.75) is 12.8 Å². The molecule has 0 unspecified atom stereocenters. The van der Waals surface area contributed by atoms with E-state index in [9.17, 15) is 9.59 Å². The number of amides is 2. The summed E-state index contributed by atoms with van der Waals surface area (Å²) >= 11 is 0. The Morgan fingerprint density at radius 2 is 1.95 bits per heavy atom. The number of carbonyl (C=O) groups excluding carboxylic acids is 2. The minimum Gasteiger partial charge on any atom is -0.340 e. The van der Waals surface area contributed by atoms with E-state index in [0.717, 1.165) is 0 Å². The summed E-state index contributed by atoms with van der Waals surface area (Å²) in [6.07, 6.45) is 0. The highest BCUT2D eigenvalue weighted by Gasteiger charge is 2.35. The van der Waals surface area contributed by atoms with Crippen LogP contribution in [0.5, 0.6) is 0 Å². The van der Waals surface area contributed by atoms with Crippen molar-refractivity contribution in [1.29, 1.82) is 0 Å². The minimum atomic E-state index is -0.0995. The molecule has 114 valence electrons. The third-order valence-electron chi connectivity index (χ3n) is 4.23. The fourth-order valence-corrected chi connectivity index (χ4v) is 2.81. The van der Waals surface area contributed by atoms with Crippen molar-refractivity contribution in [1.82, 2.24) is 9.80 Å². The van der Waals surface area contributed by atoms with Crippen LogP contribution in [0, 0.1) is 5.92 Å². The number of hydrogen-bond acceptors (Lipinski definition) is 3. The van der Waals surface area contributed by atoms with Crippen LogP contribution in [0.1, 0.15) is 18.4 Å². The smallest absolute Gasteiger partial charge is 0.242 e. The number of likely N-dealkylation sites (N-methyl/N-ethyl adjacent to an activating group) is 1. The van der Waals surface area contributed by atoms with Gasteiger partial charge in [-0.1, -0.05) is 30.3 Å². The molecule has 1 aliphatic heterocycles. The molecule has 1 fully saturated rings. The molecule has 0 saturated carbocycles. The SMILES string of the molecule is CC(=O)N(C)CC(=O)N1C[C@@H](CN)[C@H](c2ccccc2)C1. The van der Waals surface area contributed by atoms with Gasteiger partial charge in [0.1, 0.15) is 0 Å². The summed E-state index contributed by atoms with van der Waals surface area (Å²) in [6, 6.07) is 10.2. The zero-order valence-corrected chi connectivity index (χ0v) is 12.7. The van der Waals surface area contributed by atoms with E-state index in [-0.39, 0.29) is 30.2 Å². The number of carbonyl (C=O) groups is 2. The molecule has 0 bridgehead atoms. The molecule has 0 aliphatic carbocycles. The predicted molar refractivity (Wildman–Crippen MR) is 81.6 cm³/mol. The quantitative estimate of drug-likeness (QED) is 0.885. The third-order valence-corrected chi connectivity index (χ3v) is 4.23. The van der Waals surface area contributed by atoms with Crippen molar-refractivity contribution in [3.05, 3.63) is 35.9 Å². The van der Waals surface area contributed by atoms with Crippen LogP contribution in [0.3, 0.4) is 0 Å². The lowest BCUT2D eigenvalue weighted by molar-refractivity contribution is -0.137. The predicted octanol–water partition coefficient (Wildman–Crippen LogP) is 0.666. The Hall–Kier alpha value is -1.88. The molecule has 0 spiro atoms. The maximum atomic E-state index is 12.3. The lowest BCUT2D eigenvalue weighted by atomic mass is 9.89. The Kier molecular flexibility index (Phi) is 4.96. The minimum absolute atomic E-state index is 0.00965. The first-order chi connectivity index (χ1) is 10.0. The van der Waals surface area contributed by atoms with Crippen molar-refractivity contribution in [3.8, 4) is 0 Å². The Bertz CT molecular complexity index is 504. The monoisotopic (exact) mass is 289 g/mol. The van der Waals surface area contributed by atoms with Gasteiger partial charge in [0.15, 0.2) is 0 Å². The van der Waals surface area contributed by atoms with E-state index < -0.39 is 0 Å². The van der Waals surface area contributed by atoms with Crippen LogP contribution < -0.4 is 5.73 Å². The molecule has 1 aliphatic rings. The number of likely N-dealkylation sites (tertiary alicyclic amines) is 1. The van der Waals surface area contributed by atoms with Crippen molar-refractivity contribution >= 4 is 11.8 Å². The van der Waals surface area contributed by atoms with E-state index in [1.165, 1.54) is 17.4 Å². The molecule has 2 atom stereocenters. The number of benzene rings is 1. The van der Waals surface area contributed by atoms with E-state index in [1.54, 1.807) is 7.05 Å². The van der Waals surface area contributed by atoms with Gasteiger partial charge in [0.2, 0.25) is 11.8 Å². The summed E-state index contributed by atoms with van der Waals surface area (Å²) in [5.74, 6) is 0.448. The lowest BCUT2D eigenvalue weighted by Gasteiger charge is -2.21. The van der Waals surface area contributed by atoms with Crippen LogP contribution in [-0.2, 0) is 9.59 Å². The van der Waals surface area contributed by atoms with Gasteiger partial charge in [-0.2, -0.15) is 0 Å². The Balaban J connectivity index is 2.05. The van der Waals surface area contributed by atoms with Crippen LogP contribution in [0.2, 0.25) is 0 Å². The molecule has 1 saturated heterocycles. The number of nitrogens with two attached hydrogens (primary N) is 1. The van der Waals surface area contributed by atoms with Gasteiger partial charge in [0, 0.05) is 33.0 Å². The van der Waals surface area contributed by atoms with Crippen LogP contribution in [0.15, 0.2) is 30.3 Å². The van der Waals surface area contributed by atoms with Gasteiger partial charge in [-0.3, -0.25) is 9.59 Å². The maximum absolute atomic E-state index is 12.3. The highest BCUT2D eigenvalue weighted by atomic mass is 16.2. The average Bonchev–Trinajstić information content (AvgIpc) is 2.92. The van der Waals surface area contributed by atoms with Gasteiger partial charge in [0.05, 0.1) is 6.54 Å². The molecular formula is C16H23N3O2. The topological polar surface area (TPSA) is 66.6 Å². The number of nitrogens with zero attached hydrogens (tertiary/aromatic N) is 2. The van der Waals surface area contributed by atoms with Crippen molar-refractivity contribution in [2.75, 3.05) is 33.2 Å². The zero-order valence-electron chi connectivity index (χ0n) is 12.7. The molecule has 5 heteroatoms. The molecule has 2 rings (SSSR count). The number of hydrogen-bond donors (Lipinski definition) is 1. The first-order valence-corrected chi connectivity index (χ1v) is 7.27. The number of rotatable bonds is 4. The summed E-state index contributed by atoms with van der Waals surface area (Å²) in [6.45, 7) is 3.50. The van der Waals surface area contributed by atoms with Crippen molar-refractivity contribution in [2.24, 2.45) is 11.7 Å². The van der Waals surface area contributed by atoms with Crippen molar-refractivity contribution in [3.63, 3.8) is 0 Å². The maximum Gasteiger partial charge on any atom is 0.242 e. The van der Waals surface area contributed by atoms with Crippen LogP contribution in [0.25, 0.3) is 0 Å². The summed E-state index contributed by atoms with van der Waals surface area (Å²) in [5.41, 5.74) is 7.10. The van der Waals surface area contributed by atoms with E-state index in [1.807, 2.05) is 23.1 Å². The molecule has 0 aromatic heterocycles. The largest absolute Gasteiger partial charge is 0.340 e. The van der Waals surface area contributed by atoms with Gasteiger partial charge in [-0.25, -0.2) is 0 Å². The second kappa shape index (κ2) is 6.72. The second-order valence-corrected chi connectivity index (χ2v) is 5.69. The van der Waals surface area contributed by atoms with Gasteiger partial charge in [0.25, 0.3) is 0 Å². The first-order valence-electron chi connectivity index (χ1n) is 7.27. The normalized spacial score (nSPS) is 21.4. The Labute approximate surface area is 125 Å². The van der Waals surface area contributed by atoms with Gasteiger partial charge in [-0.15, -0.1) is 0 Å². The fourth-order valence-electron chi connectivity index (χ4n) is 2.81. The molecule has 2 N–H and O–H groups in total. The fraction of sp³-hybridized carbons (Fsp3) is 0.500. The second-order valence-electron chi connectivity index (χ2n) is 5.69. The van der Waals surface area contributed by atoms with E-state index in [0.29, 0.717) is 19.6 Å². The Morgan fingerprint density at radius 1 is 1.29 bits per heavy atom.